The second-order valence-electron chi connectivity index (χ2n) is 26.1. The molecule has 18 heteroatoms. The number of hydrogen-bond donors (Lipinski definition) is 9. The molecule has 5 aliphatic carbocycles. The predicted octanol–water partition coefficient (Wildman–Crippen LogP) is 9.98. The fourth-order valence-corrected chi connectivity index (χ4v) is 15.7. The summed E-state index contributed by atoms with van der Waals surface area (Å²) in [6.45, 7) is 13.4. The highest BCUT2D eigenvalue weighted by molar-refractivity contribution is 6.59. The van der Waals surface area contributed by atoms with Crippen molar-refractivity contribution < 1.29 is 53.4 Å². The Bertz CT molecular complexity index is 3330. The molecule has 3 saturated carbocycles. The molecule has 0 aromatic heterocycles. The monoisotopic (exact) mass is 1180 g/mol. The summed E-state index contributed by atoms with van der Waals surface area (Å²) in [4.78, 5) is 80.2. The van der Waals surface area contributed by atoms with Gasteiger partial charge < -0.3 is 56.4 Å². The Morgan fingerprint density at radius 2 is 1.55 bits per heavy atom. The number of unbranched alkanes of at least 4 members (excludes halogenated alkanes) is 2. The van der Waals surface area contributed by atoms with E-state index in [1.54, 1.807) is 30.3 Å². The molecule has 10 atom stereocenters. The van der Waals surface area contributed by atoms with Gasteiger partial charge in [-0.1, -0.05) is 95.9 Å². The maximum absolute atomic E-state index is 14.2. The number of carboxylic acid groups (broad SMARTS) is 1. The number of benzene rings is 4. The predicted molar refractivity (Wildman–Crippen MR) is 333 cm³/mol. The number of aromatic hydroxyl groups is 1. The van der Waals surface area contributed by atoms with Gasteiger partial charge in [-0.05, 0) is 189 Å². The lowest BCUT2D eigenvalue weighted by Gasteiger charge is -2.58. The lowest BCUT2D eigenvalue weighted by Crippen LogP contribution is -2.53. The summed E-state index contributed by atoms with van der Waals surface area (Å²) in [6.07, 6.45) is 16.7. The van der Waals surface area contributed by atoms with Crippen LogP contribution in [-0.2, 0) is 20.9 Å². The van der Waals surface area contributed by atoms with Gasteiger partial charge in [-0.15, -0.1) is 0 Å². The van der Waals surface area contributed by atoms with Gasteiger partial charge >= 0.3 is 19.2 Å². The highest BCUT2D eigenvalue weighted by atomic mass is 16.6. The second-order valence-corrected chi connectivity index (χ2v) is 26.1. The first kappa shape index (κ1) is 63.5. The van der Waals surface area contributed by atoms with E-state index >= 15 is 0 Å². The first-order valence-corrected chi connectivity index (χ1v) is 31.4. The number of ether oxygens (including phenoxy) is 1. The van der Waals surface area contributed by atoms with E-state index in [9.17, 15) is 49.0 Å². The molecule has 6 aliphatic rings. The third kappa shape index (κ3) is 14.4. The van der Waals surface area contributed by atoms with Crippen molar-refractivity contribution in [1.82, 2.24) is 21.3 Å². The molecular formula is C68H88BN5O12. The fraction of sp³-hybridized carbons (Fsp3) is 0.529. The summed E-state index contributed by atoms with van der Waals surface area (Å²) in [5.41, 5.74) is 9.43. The van der Waals surface area contributed by atoms with E-state index in [0.29, 0.717) is 78.0 Å². The number of allylic oxidation sites excluding steroid dienone is 1. The maximum atomic E-state index is 14.2. The minimum atomic E-state index is -1.61. The molecule has 1 aliphatic heterocycles. The van der Waals surface area contributed by atoms with Crippen LogP contribution in [0.15, 0.2) is 99.7 Å². The Balaban J connectivity index is 0.828. The zero-order valence-electron chi connectivity index (χ0n) is 50.6. The van der Waals surface area contributed by atoms with Crippen LogP contribution in [0.1, 0.15) is 170 Å². The Kier molecular flexibility index (Phi) is 20.5. The SMILES string of the molecule is CC(C)CCC[C@@H](C)[C@H]1CC[C@H]2[C@@H]3CC=C4C[C@@H](OC(=O)NCCCC[C@H](NC(=O)c5ccc(-c6c7ccc(=O)cc-7oc7cc(O)ccc67)c(C(=O)O)c5)C(=O)N[C@@H](CCCCNCc5ccccc5B(O)O)C(N)=O)CC[C@]4(C)[C@H]3CC[C@]12C. The van der Waals surface area contributed by atoms with Gasteiger partial charge in [0.25, 0.3) is 5.91 Å². The molecule has 0 spiro atoms. The van der Waals surface area contributed by atoms with Crippen molar-refractivity contribution in [1.29, 1.82) is 0 Å². The molecule has 10 N–H and O–H groups in total. The van der Waals surface area contributed by atoms with Gasteiger partial charge in [-0.2, -0.15) is 0 Å². The third-order valence-electron chi connectivity index (χ3n) is 20.2. The fourth-order valence-electron chi connectivity index (χ4n) is 15.7. The number of carbonyl (C=O) groups excluding carboxylic acids is 4. The number of carbonyl (C=O) groups is 5. The smallest absolute Gasteiger partial charge is 0.488 e. The number of amides is 4. The van der Waals surface area contributed by atoms with Crippen LogP contribution < -0.4 is 37.9 Å². The van der Waals surface area contributed by atoms with E-state index < -0.39 is 49.0 Å². The largest absolute Gasteiger partial charge is 0.508 e. The van der Waals surface area contributed by atoms with E-state index in [4.69, 9.17) is 14.9 Å². The molecule has 3 aromatic carbocycles. The summed E-state index contributed by atoms with van der Waals surface area (Å²) in [6, 6.07) is 17.2. The Labute approximate surface area is 505 Å². The summed E-state index contributed by atoms with van der Waals surface area (Å²) < 4.78 is 12.1. The lowest BCUT2D eigenvalue weighted by atomic mass is 9.47. The molecule has 3 aromatic rings. The minimum absolute atomic E-state index is 0.0765. The number of primary amides is 1. The van der Waals surface area contributed by atoms with E-state index in [1.807, 2.05) is 0 Å². The topological polar surface area (TPSA) is 280 Å². The van der Waals surface area contributed by atoms with Gasteiger partial charge in [0.2, 0.25) is 11.8 Å². The molecule has 17 nitrogen and oxygen atoms in total. The maximum Gasteiger partial charge on any atom is 0.488 e. The molecule has 0 unspecified atom stereocenters. The van der Waals surface area contributed by atoms with Crippen LogP contribution in [0.2, 0.25) is 0 Å². The average Bonchev–Trinajstić information content (AvgIpc) is 1.35. The zero-order chi connectivity index (χ0) is 61.5. The number of nitrogens with two attached hydrogens (primary N) is 1. The van der Waals surface area contributed by atoms with Gasteiger partial charge in [-0.3, -0.25) is 19.2 Å². The summed E-state index contributed by atoms with van der Waals surface area (Å²) in [5, 5.41) is 52.5. The first-order valence-electron chi connectivity index (χ1n) is 31.4. The van der Waals surface area contributed by atoms with Gasteiger partial charge in [0.1, 0.15) is 35.3 Å². The first-order chi connectivity index (χ1) is 41.1. The van der Waals surface area contributed by atoms with Crippen molar-refractivity contribution in [2.45, 2.75) is 169 Å². The van der Waals surface area contributed by atoms with Crippen LogP contribution in [0.25, 0.3) is 33.4 Å². The van der Waals surface area contributed by atoms with Gasteiger partial charge in [0.15, 0.2) is 5.43 Å². The number of phenolic OH excluding ortho intramolecular Hbond substituents is 1. The van der Waals surface area contributed by atoms with Crippen LogP contribution in [0, 0.1) is 46.3 Å². The quantitative estimate of drug-likeness (QED) is 0.0108. The average molecular weight is 1180 g/mol. The van der Waals surface area contributed by atoms with Crippen molar-refractivity contribution in [2.24, 2.45) is 52.1 Å². The summed E-state index contributed by atoms with van der Waals surface area (Å²) in [5.74, 6) is 0.899. The highest BCUT2D eigenvalue weighted by Gasteiger charge is 2.59. The van der Waals surface area contributed by atoms with Gasteiger partial charge in [0, 0.05) is 53.7 Å². The molecule has 0 saturated heterocycles. The standard InChI is InChI=1S/C68H88BN5O12/c1-40(2)13-12-14-41(3)53-27-28-54-49-24-20-44-36-47(29-31-67(44,4)55(49)30-32-68(53,54)5)85-66(82)72-34-11-9-18-58(64(79)73-57(62(70)77)17-8-10-33-71-39-43-15-6-7-16-56(43)69(83)84)74-63(78)42-19-23-48(52(35-42)65(80)81)61-50-25-21-45(75)37-59(50)86-60-38-46(76)22-26-51(60)61/h6-7,15-16,19-23,25-26,35,37-38,40-41,47,49,53-55,57-58,71,75,83-84H,8-14,17-18,24,27-34,36,39H2,1-5H3,(H2,70,77)(H,72,82)(H,73,79)(H,74,78)(H,80,81)/t41-,47+,49+,53-,54+,55+,57+,58+,67+,68-/m1/s1. The Hall–Kier alpha value is -7.02. The molecule has 0 radical (unpaired) electrons. The number of hydrogen-bond acceptors (Lipinski definition) is 12. The molecule has 0 bridgehead atoms. The molecular weight excluding hydrogens is 1090 g/mol. The van der Waals surface area contributed by atoms with E-state index in [0.717, 1.165) is 54.9 Å². The van der Waals surface area contributed by atoms with Crippen molar-refractivity contribution in [3.05, 3.63) is 117 Å². The minimum Gasteiger partial charge on any atom is -0.508 e. The molecule has 460 valence electrons. The third-order valence-corrected chi connectivity index (χ3v) is 20.2. The number of phenols is 1. The van der Waals surface area contributed by atoms with Crippen LogP contribution >= 0.6 is 0 Å². The molecule has 1 heterocycles. The number of fused-ring (bicyclic) bond motifs is 7. The Morgan fingerprint density at radius 3 is 2.30 bits per heavy atom. The van der Waals surface area contributed by atoms with Crippen LogP contribution in [-0.4, -0.2) is 88.4 Å². The van der Waals surface area contributed by atoms with Crippen LogP contribution in [0.3, 0.4) is 0 Å². The molecule has 9 rings (SSSR count). The number of aromatic carboxylic acids is 1. The van der Waals surface area contributed by atoms with E-state index in [2.05, 4.69) is 62.0 Å². The van der Waals surface area contributed by atoms with Gasteiger partial charge in [0.05, 0.1) is 5.56 Å². The van der Waals surface area contributed by atoms with Crippen molar-refractivity contribution in [2.75, 3.05) is 13.1 Å². The summed E-state index contributed by atoms with van der Waals surface area (Å²) in [7, 11) is -1.61. The van der Waals surface area contributed by atoms with E-state index in [-0.39, 0.29) is 70.1 Å². The highest BCUT2D eigenvalue weighted by Crippen LogP contribution is 2.67. The van der Waals surface area contributed by atoms with Gasteiger partial charge in [-0.25, -0.2) is 9.59 Å². The van der Waals surface area contributed by atoms with Crippen molar-refractivity contribution >= 4 is 53.3 Å². The normalized spacial score (nSPS) is 23.5. The van der Waals surface area contributed by atoms with Crippen molar-refractivity contribution in [3.63, 3.8) is 0 Å². The number of rotatable bonds is 26. The second kappa shape index (κ2) is 27.8. The summed E-state index contributed by atoms with van der Waals surface area (Å²) >= 11 is 0. The molecule has 86 heavy (non-hydrogen) atoms. The Morgan fingerprint density at radius 1 is 0.791 bits per heavy atom. The molecule has 4 amide bonds. The van der Waals surface area contributed by atoms with E-state index in [1.165, 1.54) is 99.0 Å². The zero-order valence-corrected chi connectivity index (χ0v) is 50.6. The number of alkyl carbamates (subject to hydrolysis) is 1. The van der Waals surface area contributed by atoms with Crippen molar-refractivity contribution in [3.8, 4) is 28.2 Å². The number of carboxylic acids is 1. The molecule has 3 fully saturated rings. The lowest BCUT2D eigenvalue weighted by molar-refractivity contribution is -0.128. The number of nitrogens with one attached hydrogen (secondary N) is 4. The van der Waals surface area contributed by atoms with Crippen LogP contribution in [0.5, 0.6) is 5.75 Å². The van der Waals surface area contributed by atoms with Crippen LogP contribution in [0.4, 0.5) is 4.79 Å².